The van der Waals surface area contributed by atoms with Crippen LogP contribution in [0.15, 0.2) is 30.9 Å². The molecule has 18 heavy (non-hydrogen) atoms. The number of carbonyl (C=O) groups is 1. The molecule has 0 saturated carbocycles. The first-order valence-corrected chi connectivity index (χ1v) is 6.44. The average molecular weight is 244 g/mol. The molecule has 1 amide bonds. The number of rotatable bonds is 4. The number of hydrogen-bond acceptors (Lipinski definition) is 2. The Balaban J connectivity index is 2.16. The van der Waals surface area contributed by atoms with Crippen LogP contribution in [0.2, 0.25) is 0 Å². The second-order valence-corrected chi connectivity index (χ2v) is 4.65. The summed E-state index contributed by atoms with van der Waals surface area (Å²) in [6, 6.07) is 6.26. The van der Waals surface area contributed by atoms with Crippen molar-refractivity contribution in [1.29, 1.82) is 0 Å². The van der Waals surface area contributed by atoms with Crippen LogP contribution >= 0.6 is 0 Å². The van der Waals surface area contributed by atoms with Gasteiger partial charge in [0.25, 0.3) is 0 Å². The van der Waals surface area contributed by atoms with Gasteiger partial charge in [0, 0.05) is 18.8 Å². The van der Waals surface area contributed by atoms with Gasteiger partial charge in [-0.15, -0.1) is 6.58 Å². The van der Waals surface area contributed by atoms with E-state index in [0.29, 0.717) is 13.1 Å². The summed E-state index contributed by atoms with van der Waals surface area (Å²) in [5.74, 6) is 0.145. The van der Waals surface area contributed by atoms with Gasteiger partial charge < -0.3 is 10.2 Å². The lowest BCUT2D eigenvalue weighted by atomic mass is 9.98. The topological polar surface area (TPSA) is 32.3 Å². The first-order chi connectivity index (χ1) is 8.74. The molecule has 1 aromatic carbocycles. The van der Waals surface area contributed by atoms with Crippen LogP contribution in [-0.2, 0) is 11.2 Å². The molecule has 0 aliphatic carbocycles. The summed E-state index contributed by atoms with van der Waals surface area (Å²) in [5.41, 5.74) is 3.59. The Morgan fingerprint density at radius 1 is 1.56 bits per heavy atom. The molecule has 0 bridgehead atoms. The highest BCUT2D eigenvalue weighted by atomic mass is 16.2. The second-order valence-electron chi connectivity index (χ2n) is 4.65. The predicted molar refractivity (Wildman–Crippen MR) is 74.9 cm³/mol. The molecule has 3 nitrogen and oxygen atoms in total. The fourth-order valence-electron chi connectivity index (χ4n) is 2.47. The number of benzene rings is 1. The molecule has 1 N–H and O–H groups in total. The zero-order valence-electron chi connectivity index (χ0n) is 10.9. The molecule has 0 aromatic heterocycles. The van der Waals surface area contributed by atoms with Crippen LogP contribution in [0, 0.1) is 6.92 Å². The van der Waals surface area contributed by atoms with E-state index < -0.39 is 0 Å². The third-order valence-corrected chi connectivity index (χ3v) is 3.29. The van der Waals surface area contributed by atoms with Gasteiger partial charge in [-0.2, -0.15) is 0 Å². The quantitative estimate of drug-likeness (QED) is 0.649. The van der Waals surface area contributed by atoms with Crippen molar-refractivity contribution in [1.82, 2.24) is 5.32 Å². The van der Waals surface area contributed by atoms with Crippen LogP contribution in [0.1, 0.15) is 17.5 Å². The van der Waals surface area contributed by atoms with Gasteiger partial charge in [-0.05, 0) is 30.9 Å². The Hall–Kier alpha value is -1.61. The standard InChI is InChI=1S/C15H20N2O/c1-3-9-16-11-14(18)17-10-5-8-13-7-4-6-12(2)15(13)17/h3-4,6-7,16H,1,5,8-11H2,2H3. The van der Waals surface area contributed by atoms with Gasteiger partial charge in [-0.25, -0.2) is 0 Å². The maximum Gasteiger partial charge on any atom is 0.240 e. The van der Waals surface area contributed by atoms with Gasteiger partial charge in [0.05, 0.1) is 6.54 Å². The van der Waals surface area contributed by atoms with Crippen LogP contribution in [-0.4, -0.2) is 25.5 Å². The van der Waals surface area contributed by atoms with Gasteiger partial charge in [0.1, 0.15) is 0 Å². The summed E-state index contributed by atoms with van der Waals surface area (Å²) in [4.78, 5) is 14.1. The predicted octanol–water partition coefficient (Wildman–Crippen LogP) is 2.05. The number of nitrogens with zero attached hydrogens (tertiary/aromatic N) is 1. The van der Waals surface area contributed by atoms with Crippen molar-refractivity contribution in [2.45, 2.75) is 19.8 Å². The van der Waals surface area contributed by atoms with E-state index in [0.717, 1.165) is 25.1 Å². The van der Waals surface area contributed by atoms with Gasteiger partial charge >= 0.3 is 0 Å². The Kier molecular flexibility index (Phi) is 4.15. The van der Waals surface area contributed by atoms with Gasteiger partial charge in [-0.1, -0.05) is 24.3 Å². The first-order valence-electron chi connectivity index (χ1n) is 6.44. The molecule has 1 aliphatic heterocycles. The fourth-order valence-corrected chi connectivity index (χ4v) is 2.47. The van der Waals surface area contributed by atoms with Crippen molar-refractivity contribution in [2.24, 2.45) is 0 Å². The number of amides is 1. The van der Waals surface area contributed by atoms with E-state index in [1.165, 1.54) is 11.1 Å². The Morgan fingerprint density at radius 2 is 2.39 bits per heavy atom. The van der Waals surface area contributed by atoms with Crippen molar-refractivity contribution < 1.29 is 4.79 Å². The highest BCUT2D eigenvalue weighted by Gasteiger charge is 2.23. The molecule has 0 radical (unpaired) electrons. The average Bonchev–Trinajstić information content (AvgIpc) is 2.38. The SMILES string of the molecule is C=CCNCC(=O)N1CCCc2cccc(C)c21. The molecule has 2 rings (SSSR count). The normalized spacial score (nSPS) is 14.2. The Labute approximate surface area is 108 Å². The van der Waals surface area contributed by atoms with Crippen molar-refractivity contribution in [3.8, 4) is 0 Å². The number of anilines is 1. The number of para-hydroxylation sites is 1. The highest BCUT2D eigenvalue weighted by Crippen LogP contribution is 2.30. The zero-order chi connectivity index (χ0) is 13.0. The minimum Gasteiger partial charge on any atom is -0.311 e. The van der Waals surface area contributed by atoms with Crippen LogP contribution in [0.4, 0.5) is 5.69 Å². The van der Waals surface area contributed by atoms with Crippen molar-refractivity contribution in [3.05, 3.63) is 42.0 Å². The second kappa shape index (κ2) is 5.83. The maximum atomic E-state index is 12.2. The summed E-state index contributed by atoms with van der Waals surface area (Å²) in [6.45, 7) is 7.57. The Morgan fingerprint density at radius 3 is 3.17 bits per heavy atom. The van der Waals surface area contributed by atoms with Crippen molar-refractivity contribution >= 4 is 11.6 Å². The summed E-state index contributed by atoms with van der Waals surface area (Å²) < 4.78 is 0. The number of aryl methyl sites for hydroxylation is 2. The van der Waals surface area contributed by atoms with E-state index in [2.05, 4.69) is 37.0 Å². The molecule has 1 heterocycles. The lowest BCUT2D eigenvalue weighted by Crippen LogP contribution is -2.41. The van der Waals surface area contributed by atoms with E-state index in [1.54, 1.807) is 6.08 Å². The number of hydrogen-bond donors (Lipinski definition) is 1. The van der Waals surface area contributed by atoms with Gasteiger partial charge in [0.15, 0.2) is 0 Å². The lowest BCUT2D eigenvalue weighted by molar-refractivity contribution is -0.117. The highest BCUT2D eigenvalue weighted by molar-refractivity contribution is 5.96. The molecule has 0 saturated heterocycles. The van der Waals surface area contributed by atoms with Crippen molar-refractivity contribution in [3.63, 3.8) is 0 Å². The van der Waals surface area contributed by atoms with E-state index in [4.69, 9.17) is 0 Å². The molecule has 96 valence electrons. The van der Waals surface area contributed by atoms with Crippen LogP contribution < -0.4 is 10.2 Å². The summed E-state index contributed by atoms with van der Waals surface area (Å²) in [6.07, 6.45) is 3.88. The lowest BCUT2D eigenvalue weighted by Gasteiger charge is -2.31. The minimum absolute atomic E-state index is 0.145. The maximum absolute atomic E-state index is 12.2. The van der Waals surface area contributed by atoms with E-state index in [-0.39, 0.29) is 5.91 Å². The summed E-state index contributed by atoms with van der Waals surface area (Å²) >= 11 is 0. The fraction of sp³-hybridized carbons (Fsp3) is 0.400. The zero-order valence-corrected chi connectivity index (χ0v) is 10.9. The van der Waals surface area contributed by atoms with Gasteiger partial charge in [0.2, 0.25) is 5.91 Å². The van der Waals surface area contributed by atoms with E-state index in [9.17, 15) is 4.79 Å². The monoisotopic (exact) mass is 244 g/mol. The molecule has 1 aromatic rings. The van der Waals surface area contributed by atoms with Crippen LogP contribution in [0.5, 0.6) is 0 Å². The molecule has 0 fully saturated rings. The summed E-state index contributed by atoms with van der Waals surface area (Å²) in [5, 5.41) is 3.07. The third kappa shape index (κ3) is 2.62. The molecule has 0 spiro atoms. The molecular weight excluding hydrogens is 224 g/mol. The molecule has 0 unspecified atom stereocenters. The molecule has 1 aliphatic rings. The van der Waals surface area contributed by atoms with Crippen LogP contribution in [0.3, 0.4) is 0 Å². The van der Waals surface area contributed by atoms with Crippen molar-refractivity contribution in [2.75, 3.05) is 24.5 Å². The van der Waals surface area contributed by atoms with E-state index >= 15 is 0 Å². The molecule has 3 heteroatoms. The number of nitrogens with one attached hydrogen (secondary N) is 1. The van der Waals surface area contributed by atoms with E-state index in [1.807, 2.05) is 4.90 Å². The molecule has 0 atom stereocenters. The van der Waals surface area contributed by atoms with Gasteiger partial charge in [-0.3, -0.25) is 4.79 Å². The Bertz CT molecular complexity index is 454. The smallest absolute Gasteiger partial charge is 0.240 e. The van der Waals surface area contributed by atoms with Crippen LogP contribution in [0.25, 0.3) is 0 Å². The number of fused-ring (bicyclic) bond motifs is 1. The largest absolute Gasteiger partial charge is 0.311 e. The molecular formula is C15H20N2O. The first kappa shape index (κ1) is 12.8. The number of carbonyl (C=O) groups excluding carboxylic acids is 1. The minimum atomic E-state index is 0.145. The third-order valence-electron chi connectivity index (χ3n) is 3.29. The summed E-state index contributed by atoms with van der Waals surface area (Å²) in [7, 11) is 0.